The maximum absolute atomic E-state index is 5.93. The number of halogens is 1. The third-order valence-corrected chi connectivity index (χ3v) is 4.01. The minimum atomic E-state index is 0.0723. The van der Waals surface area contributed by atoms with Crippen LogP contribution in [0.5, 0.6) is 0 Å². The topological polar surface area (TPSA) is 29.3 Å². The lowest BCUT2D eigenvalue weighted by atomic mass is 10.1. The first kappa shape index (κ1) is 14.9. The summed E-state index contributed by atoms with van der Waals surface area (Å²) in [5, 5.41) is 0.768. The van der Waals surface area contributed by atoms with Crippen LogP contribution in [-0.2, 0) is 0 Å². The van der Waals surface area contributed by atoms with Gasteiger partial charge in [-0.1, -0.05) is 35.9 Å². The normalized spacial score (nSPS) is 13.8. The average Bonchev–Trinajstić information content (AvgIpc) is 2.46. The number of benzene rings is 2. The van der Waals surface area contributed by atoms with Crippen molar-refractivity contribution in [3.63, 3.8) is 0 Å². The van der Waals surface area contributed by atoms with Crippen molar-refractivity contribution in [3.8, 4) is 0 Å². The Balaban J connectivity index is 2.17. The number of hydrogen-bond donors (Lipinski definition) is 1. The second kappa shape index (κ2) is 6.29. The lowest BCUT2D eigenvalue weighted by Crippen LogP contribution is -2.21. The quantitative estimate of drug-likeness (QED) is 0.894. The number of nitrogens with two attached hydrogens (primary N) is 1. The Morgan fingerprint density at radius 2 is 1.40 bits per heavy atom. The van der Waals surface area contributed by atoms with Crippen LogP contribution in [0.1, 0.15) is 37.1 Å². The molecule has 0 aliphatic carbocycles. The third-order valence-electron chi connectivity index (χ3n) is 3.76. The summed E-state index contributed by atoms with van der Waals surface area (Å²) in [6.45, 7) is 4.18. The molecule has 3 heteroatoms. The summed E-state index contributed by atoms with van der Waals surface area (Å²) in [6.07, 6.45) is 0. The van der Waals surface area contributed by atoms with Crippen LogP contribution in [0.2, 0.25) is 5.02 Å². The monoisotopic (exact) mass is 288 g/mol. The summed E-state index contributed by atoms with van der Waals surface area (Å²) in [4.78, 5) is 2.24. The Hall–Kier alpha value is -1.51. The van der Waals surface area contributed by atoms with E-state index in [1.165, 1.54) is 11.3 Å². The van der Waals surface area contributed by atoms with Gasteiger partial charge in [0, 0.05) is 23.8 Å². The molecule has 0 saturated carbocycles. The van der Waals surface area contributed by atoms with E-state index >= 15 is 0 Å². The third kappa shape index (κ3) is 3.33. The SMILES string of the molecule is CC(c1ccc(Cl)cc1)N(C)c1ccc([C@H](C)N)cc1. The van der Waals surface area contributed by atoms with Gasteiger partial charge in [0.1, 0.15) is 0 Å². The van der Waals surface area contributed by atoms with Crippen LogP contribution in [0.3, 0.4) is 0 Å². The van der Waals surface area contributed by atoms with Gasteiger partial charge in [0.05, 0.1) is 6.04 Å². The summed E-state index contributed by atoms with van der Waals surface area (Å²) in [6, 6.07) is 16.8. The largest absolute Gasteiger partial charge is 0.368 e. The molecule has 0 radical (unpaired) electrons. The van der Waals surface area contributed by atoms with E-state index in [2.05, 4.69) is 55.3 Å². The van der Waals surface area contributed by atoms with Crippen molar-refractivity contribution in [2.45, 2.75) is 25.9 Å². The lowest BCUT2D eigenvalue weighted by molar-refractivity contribution is 0.738. The number of hydrogen-bond acceptors (Lipinski definition) is 2. The number of anilines is 1. The predicted octanol–water partition coefficient (Wildman–Crippen LogP) is 4.56. The van der Waals surface area contributed by atoms with E-state index in [1.54, 1.807) is 0 Å². The zero-order valence-corrected chi connectivity index (χ0v) is 12.9. The van der Waals surface area contributed by atoms with Crippen LogP contribution in [0, 0.1) is 0 Å². The molecule has 0 heterocycles. The van der Waals surface area contributed by atoms with Gasteiger partial charge in [0.25, 0.3) is 0 Å². The number of nitrogens with zero attached hydrogens (tertiary/aromatic N) is 1. The Labute approximate surface area is 126 Å². The van der Waals surface area contributed by atoms with Gasteiger partial charge < -0.3 is 10.6 Å². The number of rotatable bonds is 4. The Bertz CT molecular complexity index is 546. The highest BCUT2D eigenvalue weighted by Crippen LogP contribution is 2.27. The maximum Gasteiger partial charge on any atom is 0.0511 e. The van der Waals surface area contributed by atoms with Crippen molar-refractivity contribution in [1.82, 2.24) is 0 Å². The van der Waals surface area contributed by atoms with Crippen LogP contribution >= 0.6 is 11.6 Å². The highest BCUT2D eigenvalue weighted by atomic mass is 35.5. The van der Waals surface area contributed by atoms with Crippen molar-refractivity contribution in [1.29, 1.82) is 0 Å². The van der Waals surface area contributed by atoms with Gasteiger partial charge in [-0.05, 0) is 49.2 Å². The molecule has 106 valence electrons. The van der Waals surface area contributed by atoms with Crippen LogP contribution < -0.4 is 10.6 Å². The molecule has 1 unspecified atom stereocenters. The molecule has 0 amide bonds. The summed E-state index contributed by atoms with van der Waals surface area (Å²) in [5.41, 5.74) is 9.45. The summed E-state index contributed by atoms with van der Waals surface area (Å²) < 4.78 is 0. The molecule has 0 aliphatic heterocycles. The molecule has 2 rings (SSSR count). The van der Waals surface area contributed by atoms with Gasteiger partial charge in [-0.15, -0.1) is 0 Å². The minimum absolute atomic E-state index is 0.0723. The molecule has 2 aromatic rings. The van der Waals surface area contributed by atoms with E-state index in [0.717, 1.165) is 10.6 Å². The molecule has 20 heavy (non-hydrogen) atoms. The Morgan fingerprint density at radius 1 is 0.900 bits per heavy atom. The van der Waals surface area contributed by atoms with Gasteiger partial charge in [-0.2, -0.15) is 0 Å². The fraction of sp³-hybridized carbons (Fsp3) is 0.294. The van der Waals surface area contributed by atoms with Crippen molar-refractivity contribution in [2.24, 2.45) is 5.73 Å². The highest BCUT2D eigenvalue weighted by Gasteiger charge is 2.12. The van der Waals surface area contributed by atoms with Gasteiger partial charge >= 0.3 is 0 Å². The van der Waals surface area contributed by atoms with Gasteiger partial charge in [0.15, 0.2) is 0 Å². The van der Waals surface area contributed by atoms with Crippen molar-refractivity contribution >= 4 is 17.3 Å². The first-order valence-corrected chi connectivity index (χ1v) is 7.20. The lowest BCUT2D eigenvalue weighted by Gasteiger charge is -2.28. The van der Waals surface area contributed by atoms with E-state index in [0.29, 0.717) is 0 Å². The van der Waals surface area contributed by atoms with E-state index < -0.39 is 0 Å². The summed E-state index contributed by atoms with van der Waals surface area (Å²) >= 11 is 5.93. The molecule has 0 saturated heterocycles. The molecular formula is C17H21ClN2. The fourth-order valence-electron chi connectivity index (χ4n) is 2.20. The van der Waals surface area contributed by atoms with Crippen molar-refractivity contribution in [3.05, 3.63) is 64.7 Å². The smallest absolute Gasteiger partial charge is 0.0511 e. The van der Waals surface area contributed by atoms with Crippen molar-refractivity contribution < 1.29 is 0 Å². The highest BCUT2D eigenvalue weighted by molar-refractivity contribution is 6.30. The van der Waals surface area contributed by atoms with Crippen molar-refractivity contribution in [2.75, 3.05) is 11.9 Å². The first-order chi connectivity index (χ1) is 9.49. The molecule has 0 aromatic heterocycles. The van der Waals surface area contributed by atoms with E-state index in [-0.39, 0.29) is 12.1 Å². The van der Waals surface area contributed by atoms with E-state index in [9.17, 15) is 0 Å². The molecule has 0 spiro atoms. The van der Waals surface area contributed by atoms with Gasteiger partial charge in [-0.25, -0.2) is 0 Å². The fourth-order valence-corrected chi connectivity index (χ4v) is 2.33. The maximum atomic E-state index is 5.93. The Kier molecular flexibility index (Phi) is 4.69. The second-order valence-corrected chi connectivity index (χ2v) is 5.66. The van der Waals surface area contributed by atoms with E-state index in [1.807, 2.05) is 19.1 Å². The van der Waals surface area contributed by atoms with Gasteiger partial charge in [0.2, 0.25) is 0 Å². The molecule has 2 nitrogen and oxygen atoms in total. The molecule has 2 aromatic carbocycles. The second-order valence-electron chi connectivity index (χ2n) is 5.22. The first-order valence-electron chi connectivity index (χ1n) is 6.83. The standard InChI is InChI=1S/C17H21ClN2/c1-12(19)14-6-10-17(11-7-14)20(3)13(2)15-4-8-16(18)9-5-15/h4-13H,19H2,1-3H3/t12-,13?/m0/s1. The molecule has 0 aliphatic rings. The summed E-state index contributed by atoms with van der Waals surface area (Å²) in [5.74, 6) is 0. The molecule has 0 fully saturated rings. The Morgan fingerprint density at radius 3 is 1.90 bits per heavy atom. The van der Waals surface area contributed by atoms with Crippen LogP contribution in [0.25, 0.3) is 0 Å². The molecule has 2 N–H and O–H groups in total. The van der Waals surface area contributed by atoms with Crippen LogP contribution in [-0.4, -0.2) is 7.05 Å². The predicted molar refractivity (Wildman–Crippen MR) is 87.3 cm³/mol. The van der Waals surface area contributed by atoms with Crippen LogP contribution in [0.4, 0.5) is 5.69 Å². The minimum Gasteiger partial charge on any atom is -0.368 e. The summed E-state index contributed by atoms with van der Waals surface area (Å²) in [7, 11) is 2.10. The molecular weight excluding hydrogens is 268 g/mol. The average molecular weight is 289 g/mol. The van der Waals surface area contributed by atoms with Crippen LogP contribution in [0.15, 0.2) is 48.5 Å². The molecule has 2 atom stereocenters. The van der Waals surface area contributed by atoms with E-state index in [4.69, 9.17) is 17.3 Å². The zero-order valence-electron chi connectivity index (χ0n) is 12.2. The zero-order chi connectivity index (χ0) is 14.7. The molecule has 0 bridgehead atoms. The van der Waals surface area contributed by atoms with Gasteiger partial charge in [-0.3, -0.25) is 0 Å².